The number of carbonyl (C=O) groups excluding carboxylic acids is 2. The number of thiophene rings is 1. The number of benzene rings is 1. The van der Waals surface area contributed by atoms with Crippen molar-refractivity contribution in [2.24, 2.45) is 0 Å². The lowest BCUT2D eigenvalue weighted by Crippen LogP contribution is -2.46. The lowest BCUT2D eigenvalue weighted by atomic mass is 10.1. The molecule has 0 saturated carbocycles. The summed E-state index contributed by atoms with van der Waals surface area (Å²) in [5.41, 5.74) is 1.41. The summed E-state index contributed by atoms with van der Waals surface area (Å²) in [4.78, 5) is 33.4. The van der Waals surface area contributed by atoms with Crippen molar-refractivity contribution in [1.29, 1.82) is 0 Å². The largest absolute Gasteiger partial charge is 0.467 e. The molecule has 0 bridgehead atoms. The first-order valence-electron chi connectivity index (χ1n) is 11.4. The number of sulfonamides is 1. The van der Waals surface area contributed by atoms with Gasteiger partial charge in [0.1, 0.15) is 11.8 Å². The Morgan fingerprint density at radius 2 is 1.89 bits per heavy atom. The maximum atomic E-state index is 13.5. The molecule has 0 saturated heterocycles. The molecule has 3 aromatic heterocycles. The van der Waals surface area contributed by atoms with Crippen LogP contribution in [-0.2, 0) is 32.7 Å². The number of hydrogen-bond donors (Lipinski definition) is 2. The zero-order chi connectivity index (χ0) is 26.3. The van der Waals surface area contributed by atoms with E-state index in [9.17, 15) is 18.0 Å². The van der Waals surface area contributed by atoms with Gasteiger partial charge in [-0.25, -0.2) is 13.1 Å². The Bertz CT molecular complexity index is 1410. The molecule has 192 valence electrons. The number of hydrogen-bond acceptors (Lipinski definition) is 7. The van der Waals surface area contributed by atoms with Crippen molar-refractivity contribution >= 4 is 33.2 Å². The molecule has 0 aliphatic carbocycles. The zero-order valence-electron chi connectivity index (χ0n) is 20.0. The van der Waals surface area contributed by atoms with Crippen LogP contribution in [0, 0.1) is 6.92 Å². The van der Waals surface area contributed by atoms with E-state index in [1.807, 2.05) is 24.4 Å². The highest BCUT2D eigenvalue weighted by Crippen LogP contribution is 2.25. The van der Waals surface area contributed by atoms with E-state index >= 15 is 0 Å². The molecule has 37 heavy (non-hydrogen) atoms. The van der Waals surface area contributed by atoms with Gasteiger partial charge in [0.25, 0.3) is 0 Å². The summed E-state index contributed by atoms with van der Waals surface area (Å²) in [7, 11) is -3.94. The van der Waals surface area contributed by atoms with Crippen LogP contribution in [-0.4, -0.2) is 36.7 Å². The van der Waals surface area contributed by atoms with Crippen molar-refractivity contribution in [1.82, 2.24) is 19.9 Å². The van der Waals surface area contributed by atoms with E-state index in [2.05, 4.69) is 15.0 Å². The molecule has 11 heteroatoms. The second kappa shape index (κ2) is 12.0. The fourth-order valence-corrected chi connectivity index (χ4v) is 5.32. The Labute approximate surface area is 219 Å². The number of nitrogens with zero attached hydrogens (tertiary/aromatic N) is 2. The monoisotopic (exact) mass is 538 g/mol. The lowest BCUT2D eigenvalue weighted by molar-refractivity contribution is -0.140. The van der Waals surface area contributed by atoms with Gasteiger partial charge in [-0.2, -0.15) is 0 Å². The van der Waals surface area contributed by atoms with Crippen molar-refractivity contribution in [2.45, 2.75) is 31.0 Å². The van der Waals surface area contributed by atoms with E-state index in [0.717, 1.165) is 10.4 Å². The van der Waals surface area contributed by atoms with Crippen LogP contribution in [0.3, 0.4) is 0 Å². The van der Waals surface area contributed by atoms with Crippen LogP contribution in [0.2, 0.25) is 0 Å². The highest BCUT2D eigenvalue weighted by Gasteiger charge is 2.32. The van der Waals surface area contributed by atoms with E-state index in [-0.39, 0.29) is 18.0 Å². The van der Waals surface area contributed by atoms with Crippen LogP contribution >= 0.6 is 11.3 Å². The molecule has 1 atom stereocenters. The van der Waals surface area contributed by atoms with E-state index in [0.29, 0.717) is 11.3 Å². The summed E-state index contributed by atoms with van der Waals surface area (Å²) in [5, 5.41) is 4.68. The Morgan fingerprint density at radius 1 is 1.08 bits per heavy atom. The van der Waals surface area contributed by atoms with Crippen molar-refractivity contribution in [2.75, 3.05) is 6.54 Å². The van der Waals surface area contributed by atoms with E-state index in [1.165, 1.54) is 40.8 Å². The van der Waals surface area contributed by atoms with E-state index in [1.54, 1.807) is 42.6 Å². The van der Waals surface area contributed by atoms with Crippen LogP contribution in [0.1, 0.15) is 27.8 Å². The highest BCUT2D eigenvalue weighted by atomic mass is 32.2. The lowest BCUT2D eigenvalue weighted by Gasteiger charge is -2.31. The standard InChI is InChI=1S/C26H26N4O5S2/c1-19-8-10-23(11-9-19)37(33,34)29-17-24(31)30(18-22-7-4-14-36-22)25(20-5-2-12-27-15-20)26(32)28-16-21-6-3-13-35-21/h2-15,25,29H,16-18H2,1H3,(H,28,32). The van der Waals surface area contributed by atoms with Crippen molar-refractivity contribution in [3.63, 3.8) is 0 Å². The first-order valence-corrected chi connectivity index (χ1v) is 13.8. The van der Waals surface area contributed by atoms with Crippen molar-refractivity contribution < 1.29 is 22.4 Å². The number of aromatic nitrogens is 1. The molecule has 1 aromatic carbocycles. The maximum Gasteiger partial charge on any atom is 0.247 e. The molecule has 9 nitrogen and oxygen atoms in total. The molecule has 4 aromatic rings. The number of carbonyl (C=O) groups is 2. The molecular weight excluding hydrogens is 512 g/mol. The fourth-order valence-electron chi connectivity index (χ4n) is 3.65. The first-order chi connectivity index (χ1) is 17.8. The van der Waals surface area contributed by atoms with Crippen LogP contribution in [0.4, 0.5) is 0 Å². The minimum absolute atomic E-state index is 0.0516. The number of amides is 2. The minimum Gasteiger partial charge on any atom is -0.467 e. The molecule has 0 radical (unpaired) electrons. The number of pyridine rings is 1. The molecule has 0 aliphatic rings. The molecular formula is C26H26N4O5S2. The topological polar surface area (TPSA) is 122 Å². The summed E-state index contributed by atoms with van der Waals surface area (Å²) in [6.45, 7) is 1.56. The molecule has 2 amide bonds. The molecule has 4 rings (SSSR count). The molecule has 3 heterocycles. The number of rotatable bonds is 11. The number of aryl methyl sites for hydroxylation is 1. The fraction of sp³-hybridized carbons (Fsp3) is 0.192. The van der Waals surface area contributed by atoms with Gasteiger partial charge in [-0.1, -0.05) is 29.8 Å². The molecule has 2 N–H and O–H groups in total. The predicted octanol–water partition coefficient (Wildman–Crippen LogP) is 3.41. The Balaban J connectivity index is 1.60. The quantitative estimate of drug-likeness (QED) is 0.302. The van der Waals surface area contributed by atoms with Gasteiger partial charge in [0.05, 0.1) is 30.8 Å². The third-order valence-corrected chi connectivity index (χ3v) is 7.83. The van der Waals surface area contributed by atoms with Crippen molar-refractivity contribution in [3.8, 4) is 0 Å². The summed E-state index contributed by atoms with van der Waals surface area (Å²) in [6, 6.07) is 15.8. The average molecular weight is 539 g/mol. The molecule has 0 aliphatic heterocycles. The van der Waals surface area contributed by atoms with Gasteiger partial charge in [-0.05, 0) is 48.7 Å². The zero-order valence-corrected chi connectivity index (χ0v) is 21.7. The van der Waals surface area contributed by atoms with Gasteiger partial charge >= 0.3 is 0 Å². The Morgan fingerprint density at radius 3 is 2.54 bits per heavy atom. The van der Waals surface area contributed by atoms with Gasteiger partial charge in [0.2, 0.25) is 21.8 Å². The number of nitrogens with one attached hydrogen (secondary N) is 2. The summed E-state index contributed by atoms with van der Waals surface area (Å²) >= 11 is 1.43. The van der Waals surface area contributed by atoms with Crippen molar-refractivity contribution in [3.05, 3.63) is 106 Å². The molecule has 0 spiro atoms. The van der Waals surface area contributed by atoms with E-state index < -0.39 is 34.4 Å². The van der Waals surface area contributed by atoms with Gasteiger partial charge in [-0.3, -0.25) is 14.6 Å². The van der Waals surface area contributed by atoms with Gasteiger partial charge in [0, 0.05) is 22.8 Å². The van der Waals surface area contributed by atoms with Crippen LogP contribution in [0.15, 0.2) is 94.0 Å². The van der Waals surface area contributed by atoms with Gasteiger partial charge in [-0.15, -0.1) is 11.3 Å². The Hall–Kier alpha value is -3.80. The third kappa shape index (κ3) is 6.91. The third-order valence-electron chi connectivity index (χ3n) is 5.55. The Kier molecular flexibility index (Phi) is 8.49. The molecule has 0 fully saturated rings. The van der Waals surface area contributed by atoms with Crippen LogP contribution in [0.5, 0.6) is 0 Å². The predicted molar refractivity (Wildman–Crippen MR) is 139 cm³/mol. The van der Waals surface area contributed by atoms with Gasteiger partial charge in [0.15, 0.2) is 0 Å². The average Bonchev–Trinajstić information content (AvgIpc) is 3.61. The van der Waals surface area contributed by atoms with Crippen LogP contribution < -0.4 is 10.0 Å². The normalized spacial score (nSPS) is 12.1. The van der Waals surface area contributed by atoms with Crippen LogP contribution in [0.25, 0.3) is 0 Å². The SMILES string of the molecule is Cc1ccc(S(=O)(=O)NCC(=O)N(Cc2cccs2)C(C(=O)NCc2ccco2)c2cccnc2)cc1. The summed E-state index contributed by atoms with van der Waals surface area (Å²) in [5.74, 6) is -0.456. The molecule has 1 unspecified atom stereocenters. The number of furan rings is 1. The summed E-state index contributed by atoms with van der Waals surface area (Å²) < 4.78 is 33.3. The first kappa shape index (κ1) is 26.3. The second-order valence-corrected chi connectivity index (χ2v) is 11.0. The maximum absolute atomic E-state index is 13.5. The summed E-state index contributed by atoms with van der Waals surface area (Å²) in [6.07, 6.45) is 4.59. The highest BCUT2D eigenvalue weighted by molar-refractivity contribution is 7.89. The van der Waals surface area contributed by atoms with Gasteiger partial charge < -0.3 is 14.6 Å². The second-order valence-electron chi connectivity index (χ2n) is 8.22. The van der Waals surface area contributed by atoms with E-state index in [4.69, 9.17) is 4.42 Å². The smallest absolute Gasteiger partial charge is 0.247 e. The minimum atomic E-state index is -3.94.